The summed E-state index contributed by atoms with van der Waals surface area (Å²) in [6.07, 6.45) is 0. The highest BCUT2D eigenvalue weighted by Crippen LogP contribution is 2.26. The van der Waals surface area contributed by atoms with Crippen molar-refractivity contribution in [1.29, 1.82) is 5.41 Å². The van der Waals surface area contributed by atoms with Gasteiger partial charge in [-0.05, 0) is 35.0 Å². The molecule has 5 heteroatoms. The highest BCUT2D eigenvalue weighted by Gasteiger charge is 2.14. The van der Waals surface area contributed by atoms with Crippen LogP contribution >= 0.6 is 11.6 Å². The van der Waals surface area contributed by atoms with Crippen LogP contribution in [-0.4, -0.2) is 5.91 Å². The van der Waals surface area contributed by atoms with E-state index in [-0.39, 0.29) is 11.1 Å². The van der Waals surface area contributed by atoms with Gasteiger partial charge in [-0.1, -0.05) is 54.1 Å². The molecule has 0 saturated heterocycles. The maximum absolute atomic E-state index is 12.6. The lowest BCUT2D eigenvalue weighted by atomic mass is 10.0. The molecule has 0 aliphatic heterocycles. The average molecular weight is 349 g/mol. The Morgan fingerprint density at radius 3 is 2.56 bits per heavy atom. The zero-order valence-corrected chi connectivity index (χ0v) is 13.8. The molecule has 4 aromatic rings. The quantitative estimate of drug-likeness (QED) is 0.502. The van der Waals surface area contributed by atoms with Gasteiger partial charge in [0.15, 0.2) is 0 Å². The van der Waals surface area contributed by atoms with Crippen molar-refractivity contribution in [3.63, 3.8) is 0 Å². The summed E-state index contributed by atoms with van der Waals surface area (Å²) in [5.74, 6) is -0.434. The fraction of sp³-hybridized carbons (Fsp3) is 0. The van der Waals surface area contributed by atoms with E-state index in [2.05, 4.69) is 5.32 Å². The second kappa shape index (κ2) is 6.07. The van der Waals surface area contributed by atoms with Gasteiger partial charge in [0.2, 0.25) is 5.55 Å². The van der Waals surface area contributed by atoms with Crippen LogP contribution in [0.4, 0.5) is 5.69 Å². The lowest BCUT2D eigenvalue weighted by Gasteiger charge is -2.08. The third-order valence-electron chi connectivity index (χ3n) is 4.04. The van der Waals surface area contributed by atoms with Crippen LogP contribution in [0.25, 0.3) is 21.7 Å². The van der Waals surface area contributed by atoms with E-state index in [4.69, 9.17) is 21.4 Å². The monoisotopic (exact) mass is 348 g/mol. The number of benzene rings is 3. The van der Waals surface area contributed by atoms with Crippen molar-refractivity contribution >= 4 is 44.9 Å². The summed E-state index contributed by atoms with van der Waals surface area (Å²) in [5, 5.41) is 14.0. The third-order valence-corrected chi connectivity index (χ3v) is 4.37. The molecular weight excluding hydrogens is 336 g/mol. The molecule has 0 aliphatic carbocycles. The Kier molecular flexibility index (Phi) is 3.75. The first-order chi connectivity index (χ1) is 12.1. The summed E-state index contributed by atoms with van der Waals surface area (Å²) in [7, 11) is 0. The standard InChI is InChI=1S/C20H13ClN2O2/c21-16-7-3-4-8-17(16)23-20(24)15-11-14-13-6-2-1-5-12(13)9-10-18(14)25-19(15)22/h1-11,22H,(H,23,24). The van der Waals surface area contributed by atoms with Gasteiger partial charge >= 0.3 is 0 Å². The second-order valence-corrected chi connectivity index (χ2v) is 6.03. The summed E-state index contributed by atoms with van der Waals surface area (Å²) in [6.45, 7) is 0. The molecular formula is C20H13ClN2O2. The van der Waals surface area contributed by atoms with Gasteiger partial charge in [0, 0.05) is 5.39 Å². The number of anilines is 1. The van der Waals surface area contributed by atoms with E-state index in [0.29, 0.717) is 16.3 Å². The molecule has 0 radical (unpaired) electrons. The molecule has 4 rings (SSSR count). The van der Waals surface area contributed by atoms with Crippen LogP contribution in [0.1, 0.15) is 10.4 Å². The predicted octanol–water partition coefficient (Wildman–Crippen LogP) is 4.97. The Morgan fingerprint density at radius 2 is 1.72 bits per heavy atom. The lowest BCUT2D eigenvalue weighted by Crippen LogP contribution is -2.21. The van der Waals surface area contributed by atoms with Crippen molar-refractivity contribution in [2.75, 3.05) is 5.32 Å². The van der Waals surface area contributed by atoms with Crippen LogP contribution in [0.5, 0.6) is 0 Å². The Labute approximate surface area is 148 Å². The molecule has 1 heterocycles. The van der Waals surface area contributed by atoms with Crippen molar-refractivity contribution in [2.45, 2.75) is 0 Å². The van der Waals surface area contributed by atoms with Gasteiger partial charge < -0.3 is 9.73 Å². The molecule has 122 valence electrons. The number of carbonyl (C=O) groups is 1. The first-order valence-corrected chi connectivity index (χ1v) is 8.07. The zero-order chi connectivity index (χ0) is 17.4. The van der Waals surface area contributed by atoms with E-state index in [9.17, 15) is 4.79 Å². The number of nitrogens with one attached hydrogen (secondary N) is 2. The van der Waals surface area contributed by atoms with Crippen molar-refractivity contribution in [1.82, 2.24) is 0 Å². The maximum Gasteiger partial charge on any atom is 0.261 e. The van der Waals surface area contributed by atoms with E-state index in [1.165, 1.54) is 0 Å². The largest absolute Gasteiger partial charge is 0.438 e. The lowest BCUT2D eigenvalue weighted by molar-refractivity contribution is 0.102. The van der Waals surface area contributed by atoms with Gasteiger partial charge in [-0.2, -0.15) is 0 Å². The van der Waals surface area contributed by atoms with Crippen LogP contribution in [0.15, 0.2) is 71.1 Å². The molecule has 1 amide bonds. The molecule has 0 aliphatic rings. The average Bonchev–Trinajstić information content (AvgIpc) is 2.62. The van der Waals surface area contributed by atoms with Crippen molar-refractivity contribution in [3.05, 3.63) is 82.9 Å². The van der Waals surface area contributed by atoms with E-state index in [1.54, 1.807) is 30.3 Å². The Bertz CT molecular complexity index is 1180. The molecule has 0 spiro atoms. The van der Waals surface area contributed by atoms with Crippen molar-refractivity contribution in [2.24, 2.45) is 0 Å². The molecule has 0 atom stereocenters. The smallest absolute Gasteiger partial charge is 0.261 e. The van der Waals surface area contributed by atoms with Gasteiger partial charge in [-0.15, -0.1) is 0 Å². The minimum atomic E-state index is -0.434. The number of carbonyl (C=O) groups excluding carboxylic acids is 1. The predicted molar refractivity (Wildman–Crippen MR) is 99.0 cm³/mol. The van der Waals surface area contributed by atoms with E-state index in [1.807, 2.05) is 36.4 Å². The zero-order valence-electron chi connectivity index (χ0n) is 13.0. The summed E-state index contributed by atoms with van der Waals surface area (Å²) in [6, 6.07) is 20.2. The summed E-state index contributed by atoms with van der Waals surface area (Å²) >= 11 is 6.08. The van der Waals surface area contributed by atoms with E-state index >= 15 is 0 Å². The Morgan fingerprint density at radius 1 is 0.960 bits per heavy atom. The number of halogens is 1. The molecule has 0 saturated carbocycles. The molecule has 25 heavy (non-hydrogen) atoms. The van der Waals surface area contributed by atoms with Crippen LogP contribution in [-0.2, 0) is 0 Å². The van der Waals surface area contributed by atoms with Crippen LogP contribution in [0.2, 0.25) is 5.02 Å². The fourth-order valence-corrected chi connectivity index (χ4v) is 2.99. The maximum atomic E-state index is 12.6. The first kappa shape index (κ1) is 15.4. The summed E-state index contributed by atoms with van der Waals surface area (Å²) in [4.78, 5) is 12.6. The molecule has 0 bridgehead atoms. The van der Waals surface area contributed by atoms with Crippen LogP contribution in [0, 0.1) is 5.41 Å². The number of para-hydroxylation sites is 1. The van der Waals surface area contributed by atoms with Crippen LogP contribution < -0.4 is 10.9 Å². The number of fused-ring (bicyclic) bond motifs is 3. The molecule has 3 aromatic carbocycles. The van der Waals surface area contributed by atoms with Gasteiger partial charge in [0.05, 0.1) is 10.7 Å². The first-order valence-electron chi connectivity index (χ1n) is 7.69. The molecule has 1 aromatic heterocycles. The molecule has 4 nitrogen and oxygen atoms in total. The fourth-order valence-electron chi connectivity index (χ4n) is 2.81. The number of hydrogen-bond acceptors (Lipinski definition) is 3. The van der Waals surface area contributed by atoms with Gasteiger partial charge in [0.25, 0.3) is 5.91 Å². The summed E-state index contributed by atoms with van der Waals surface area (Å²) < 4.78 is 5.56. The molecule has 0 fully saturated rings. The van der Waals surface area contributed by atoms with Crippen molar-refractivity contribution < 1.29 is 9.21 Å². The summed E-state index contributed by atoms with van der Waals surface area (Å²) in [5.41, 5.74) is 1.03. The Hall–Kier alpha value is -3.11. The topological polar surface area (TPSA) is 66.1 Å². The minimum absolute atomic E-state index is 0.156. The van der Waals surface area contributed by atoms with Gasteiger partial charge in [-0.3, -0.25) is 10.2 Å². The normalized spacial score (nSPS) is 10.9. The molecule has 2 N–H and O–H groups in total. The number of amides is 1. The van der Waals surface area contributed by atoms with Gasteiger partial charge in [0.1, 0.15) is 11.1 Å². The number of hydrogen-bond donors (Lipinski definition) is 2. The second-order valence-electron chi connectivity index (χ2n) is 5.62. The Balaban J connectivity index is 1.85. The highest BCUT2D eigenvalue weighted by atomic mass is 35.5. The molecule has 0 unspecified atom stereocenters. The number of rotatable bonds is 2. The van der Waals surface area contributed by atoms with E-state index < -0.39 is 5.91 Å². The van der Waals surface area contributed by atoms with Crippen molar-refractivity contribution in [3.8, 4) is 0 Å². The SMILES string of the molecule is N=c1oc2ccc3ccccc3c2cc1C(=O)Nc1ccccc1Cl. The third kappa shape index (κ3) is 2.77. The minimum Gasteiger partial charge on any atom is -0.438 e. The van der Waals surface area contributed by atoms with Crippen LogP contribution in [0.3, 0.4) is 0 Å². The van der Waals surface area contributed by atoms with Gasteiger partial charge in [-0.25, -0.2) is 0 Å². The highest BCUT2D eigenvalue weighted by molar-refractivity contribution is 6.33. The van der Waals surface area contributed by atoms with E-state index in [0.717, 1.165) is 16.2 Å².